The van der Waals surface area contributed by atoms with E-state index in [1.165, 1.54) is 18.4 Å². The van der Waals surface area contributed by atoms with Gasteiger partial charge in [-0.2, -0.15) is 0 Å². The fraction of sp³-hybridized carbons (Fsp3) is 0.312. The van der Waals surface area contributed by atoms with Gasteiger partial charge in [0.05, 0.1) is 6.10 Å². The Balaban J connectivity index is 1.78. The molecule has 0 amide bonds. The van der Waals surface area contributed by atoms with Crippen molar-refractivity contribution in [2.45, 2.75) is 31.3 Å². The van der Waals surface area contributed by atoms with Crippen molar-refractivity contribution >= 4 is 5.69 Å². The maximum Gasteiger partial charge on any atom is 0.0831 e. The van der Waals surface area contributed by atoms with Crippen LogP contribution in [0.1, 0.15) is 41.6 Å². The maximum atomic E-state index is 10.3. The first kappa shape index (κ1) is 12.2. The van der Waals surface area contributed by atoms with Crippen molar-refractivity contribution in [3.63, 3.8) is 0 Å². The standard InChI is InChI=1S/C16H18N2O/c17-15-6-7-18-10-14(15)9-16(19)13-3-1-2-12(8-13)11-4-5-11/h1-3,6-8,10-11,16,19H,4-5,9H2,(H2,17,18). The second-order valence-corrected chi connectivity index (χ2v) is 5.24. The fourth-order valence-electron chi connectivity index (χ4n) is 2.37. The molecule has 98 valence electrons. The molecule has 0 bridgehead atoms. The molecule has 1 unspecified atom stereocenters. The summed E-state index contributed by atoms with van der Waals surface area (Å²) in [4.78, 5) is 4.06. The molecule has 0 saturated heterocycles. The van der Waals surface area contributed by atoms with E-state index >= 15 is 0 Å². The highest BCUT2D eigenvalue weighted by Gasteiger charge is 2.24. The van der Waals surface area contributed by atoms with Crippen molar-refractivity contribution < 1.29 is 5.11 Å². The molecule has 3 N–H and O–H groups in total. The molecule has 0 radical (unpaired) electrons. The van der Waals surface area contributed by atoms with Gasteiger partial charge in [-0.1, -0.05) is 24.3 Å². The Morgan fingerprint density at radius 3 is 2.89 bits per heavy atom. The van der Waals surface area contributed by atoms with Crippen molar-refractivity contribution in [2.75, 3.05) is 5.73 Å². The number of benzene rings is 1. The van der Waals surface area contributed by atoms with Gasteiger partial charge in [0.15, 0.2) is 0 Å². The third-order valence-corrected chi connectivity index (χ3v) is 3.70. The zero-order valence-electron chi connectivity index (χ0n) is 10.8. The number of nitrogens with zero attached hydrogens (tertiary/aromatic N) is 1. The van der Waals surface area contributed by atoms with E-state index < -0.39 is 6.10 Å². The molecule has 1 saturated carbocycles. The van der Waals surface area contributed by atoms with Gasteiger partial charge in [-0.15, -0.1) is 0 Å². The van der Waals surface area contributed by atoms with Gasteiger partial charge >= 0.3 is 0 Å². The van der Waals surface area contributed by atoms with Crippen LogP contribution in [0.4, 0.5) is 5.69 Å². The SMILES string of the molecule is Nc1ccncc1CC(O)c1cccc(C2CC2)c1. The number of aliphatic hydroxyl groups is 1. The number of aromatic nitrogens is 1. The van der Waals surface area contributed by atoms with Gasteiger partial charge in [-0.05, 0) is 41.5 Å². The van der Waals surface area contributed by atoms with Crippen molar-refractivity contribution in [1.29, 1.82) is 0 Å². The Morgan fingerprint density at radius 1 is 1.32 bits per heavy atom. The second kappa shape index (κ2) is 5.02. The molecular formula is C16H18N2O. The molecule has 19 heavy (non-hydrogen) atoms. The predicted molar refractivity (Wildman–Crippen MR) is 75.7 cm³/mol. The van der Waals surface area contributed by atoms with E-state index in [1.807, 2.05) is 12.1 Å². The van der Waals surface area contributed by atoms with Gasteiger partial charge < -0.3 is 10.8 Å². The number of nitrogens with two attached hydrogens (primary N) is 1. The van der Waals surface area contributed by atoms with Crippen LogP contribution >= 0.6 is 0 Å². The first-order chi connectivity index (χ1) is 9.24. The fourth-order valence-corrected chi connectivity index (χ4v) is 2.37. The number of aliphatic hydroxyl groups excluding tert-OH is 1. The van der Waals surface area contributed by atoms with Crippen LogP contribution in [-0.2, 0) is 6.42 Å². The topological polar surface area (TPSA) is 59.1 Å². The zero-order valence-corrected chi connectivity index (χ0v) is 10.8. The highest BCUT2D eigenvalue weighted by atomic mass is 16.3. The molecule has 3 rings (SSSR count). The first-order valence-electron chi connectivity index (χ1n) is 6.70. The molecule has 2 aromatic rings. The second-order valence-electron chi connectivity index (χ2n) is 5.24. The van der Waals surface area contributed by atoms with E-state index in [0.717, 1.165) is 11.1 Å². The van der Waals surface area contributed by atoms with Gasteiger partial charge in [0.25, 0.3) is 0 Å². The molecule has 1 aliphatic carbocycles. The summed E-state index contributed by atoms with van der Waals surface area (Å²) < 4.78 is 0. The monoisotopic (exact) mass is 254 g/mol. The molecule has 1 fully saturated rings. The molecule has 1 aliphatic rings. The molecule has 0 spiro atoms. The zero-order chi connectivity index (χ0) is 13.2. The largest absolute Gasteiger partial charge is 0.398 e. The van der Waals surface area contributed by atoms with Gasteiger partial charge in [0.1, 0.15) is 0 Å². The van der Waals surface area contributed by atoms with Gasteiger partial charge in [-0.3, -0.25) is 4.98 Å². The number of nitrogen functional groups attached to an aromatic ring is 1. The Morgan fingerprint density at radius 2 is 2.16 bits per heavy atom. The van der Waals surface area contributed by atoms with E-state index in [0.29, 0.717) is 18.0 Å². The lowest BCUT2D eigenvalue weighted by molar-refractivity contribution is 0.178. The van der Waals surface area contributed by atoms with Crippen LogP contribution in [0.2, 0.25) is 0 Å². The van der Waals surface area contributed by atoms with Crippen molar-refractivity contribution in [2.24, 2.45) is 0 Å². The quantitative estimate of drug-likeness (QED) is 0.882. The number of hydrogen-bond donors (Lipinski definition) is 2. The molecule has 3 nitrogen and oxygen atoms in total. The van der Waals surface area contributed by atoms with Crippen molar-refractivity contribution in [3.05, 3.63) is 59.4 Å². The van der Waals surface area contributed by atoms with E-state index in [-0.39, 0.29) is 0 Å². The number of rotatable bonds is 4. The highest BCUT2D eigenvalue weighted by molar-refractivity contribution is 5.45. The molecule has 1 aromatic carbocycles. The van der Waals surface area contributed by atoms with Gasteiger partial charge in [0, 0.05) is 24.5 Å². The lowest BCUT2D eigenvalue weighted by atomic mass is 9.98. The lowest BCUT2D eigenvalue weighted by Crippen LogP contribution is -2.05. The summed E-state index contributed by atoms with van der Waals surface area (Å²) in [5, 5.41) is 10.3. The van der Waals surface area contributed by atoms with Gasteiger partial charge in [0.2, 0.25) is 0 Å². The summed E-state index contributed by atoms with van der Waals surface area (Å²) in [5.41, 5.74) is 9.78. The summed E-state index contributed by atoms with van der Waals surface area (Å²) >= 11 is 0. The summed E-state index contributed by atoms with van der Waals surface area (Å²) in [5.74, 6) is 0.704. The minimum atomic E-state index is -0.523. The molecule has 1 aromatic heterocycles. The van der Waals surface area contributed by atoms with Crippen LogP contribution in [0, 0.1) is 0 Å². The third-order valence-electron chi connectivity index (χ3n) is 3.70. The van der Waals surface area contributed by atoms with Crippen LogP contribution in [0.5, 0.6) is 0 Å². The molecule has 1 atom stereocenters. The Hall–Kier alpha value is -1.87. The minimum Gasteiger partial charge on any atom is -0.398 e. The van der Waals surface area contributed by atoms with Crippen LogP contribution in [0.3, 0.4) is 0 Å². The average molecular weight is 254 g/mol. The molecule has 0 aliphatic heterocycles. The third kappa shape index (κ3) is 2.76. The van der Waals surface area contributed by atoms with Crippen LogP contribution in [0.15, 0.2) is 42.7 Å². The van der Waals surface area contributed by atoms with Crippen LogP contribution < -0.4 is 5.73 Å². The van der Waals surface area contributed by atoms with E-state index in [9.17, 15) is 5.11 Å². The summed E-state index contributed by atoms with van der Waals surface area (Å²) in [6.45, 7) is 0. The van der Waals surface area contributed by atoms with Crippen LogP contribution in [0.25, 0.3) is 0 Å². The van der Waals surface area contributed by atoms with Crippen LogP contribution in [-0.4, -0.2) is 10.1 Å². The van der Waals surface area contributed by atoms with E-state index in [4.69, 9.17) is 5.73 Å². The van der Waals surface area contributed by atoms with E-state index in [1.54, 1.807) is 18.5 Å². The molecule has 3 heteroatoms. The van der Waals surface area contributed by atoms with Gasteiger partial charge in [-0.25, -0.2) is 0 Å². The number of pyridine rings is 1. The average Bonchev–Trinajstić information content (AvgIpc) is 3.26. The van der Waals surface area contributed by atoms with Crippen molar-refractivity contribution in [3.8, 4) is 0 Å². The Bertz CT molecular complexity index is 578. The Labute approximate surface area is 113 Å². The smallest absolute Gasteiger partial charge is 0.0831 e. The first-order valence-corrected chi connectivity index (χ1v) is 6.70. The maximum absolute atomic E-state index is 10.3. The predicted octanol–water partition coefficient (Wildman–Crippen LogP) is 2.82. The number of anilines is 1. The normalized spacial score (nSPS) is 16.3. The van der Waals surface area contributed by atoms with E-state index in [2.05, 4.69) is 17.1 Å². The minimum absolute atomic E-state index is 0.508. The molecule has 1 heterocycles. The summed E-state index contributed by atoms with van der Waals surface area (Å²) in [6.07, 6.45) is 5.92. The molecular weight excluding hydrogens is 236 g/mol. The summed E-state index contributed by atoms with van der Waals surface area (Å²) in [6, 6.07) is 10.0. The highest BCUT2D eigenvalue weighted by Crippen LogP contribution is 2.40. The number of hydrogen-bond acceptors (Lipinski definition) is 3. The summed E-state index contributed by atoms with van der Waals surface area (Å²) in [7, 11) is 0. The lowest BCUT2D eigenvalue weighted by Gasteiger charge is -2.13. The Kier molecular flexibility index (Phi) is 3.22. The van der Waals surface area contributed by atoms with Crippen molar-refractivity contribution in [1.82, 2.24) is 4.98 Å².